The third-order valence-electron chi connectivity index (χ3n) is 1.50. The highest BCUT2D eigenvalue weighted by Gasteiger charge is 2.15. The number of aryl methyl sites for hydroxylation is 1. The number of hydrogen-bond donors (Lipinski definition) is 1. The van der Waals surface area contributed by atoms with Crippen molar-refractivity contribution in [2.45, 2.75) is 13.0 Å². The number of imidazole rings is 1. The summed E-state index contributed by atoms with van der Waals surface area (Å²) in [5, 5.41) is 0. The van der Waals surface area contributed by atoms with Gasteiger partial charge in [-0.15, -0.1) is 0 Å². The summed E-state index contributed by atoms with van der Waals surface area (Å²) < 4.78 is 7.34. The number of aromatic amines is 1. The van der Waals surface area contributed by atoms with Crippen LogP contribution in [-0.2, 0) is 6.54 Å². The number of H-pyrrole nitrogens is 1. The van der Waals surface area contributed by atoms with E-state index >= 15 is 0 Å². The Hall–Kier alpha value is -0.990. The average molecular weight is 125 g/mol. The lowest BCUT2D eigenvalue weighted by Crippen LogP contribution is -2.38. The largest absolute Gasteiger partial charge is 0.453 e. The van der Waals surface area contributed by atoms with Gasteiger partial charge in [-0.2, -0.15) is 4.57 Å². The Labute approximate surface area is 53.3 Å². The molecule has 2 rings (SSSR count). The van der Waals surface area contributed by atoms with E-state index in [4.69, 9.17) is 4.74 Å². The summed E-state index contributed by atoms with van der Waals surface area (Å²) in [6.45, 7) is 1.93. The number of rotatable bonds is 0. The first-order valence-corrected chi connectivity index (χ1v) is 3.16. The molecular formula is C6H9N2O+. The normalized spacial score (nSPS) is 16.4. The van der Waals surface area contributed by atoms with E-state index in [-0.39, 0.29) is 0 Å². The monoisotopic (exact) mass is 125 g/mol. The van der Waals surface area contributed by atoms with E-state index in [1.807, 2.05) is 12.4 Å². The molecule has 1 N–H and O–H groups in total. The number of nitrogens with zero attached hydrogens (tertiary/aromatic N) is 1. The van der Waals surface area contributed by atoms with Crippen LogP contribution >= 0.6 is 0 Å². The van der Waals surface area contributed by atoms with Crippen LogP contribution in [0.3, 0.4) is 0 Å². The van der Waals surface area contributed by atoms with Gasteiger partial charge in [0.1, 0.15) is 12.4 Å². The van der Waals surface area contributed by atoms with E-state index in [0.717, 1.165) is 25.6 Å². The van der Waals surface area contributed by atoms with E-state index < -0.39 is 0 Å². The maximum atomic E-state index is 5.27. The number of nitrogens with one attached hydrogen (secondary N) is 1. The van der Waals surface area contributed by atoms with Gasteiger partial charge in [0, 0.05) is 6.42 Å². The van der Waals surface area contributed by atoms with Crippen LogP contribution in [0.5, 0.6) is 6.01 Å². The number of fused-ring (bicyclic) bond motifs is 1. The van der Waals surface area contributed by atoms with Crippen molar-refractivity contribution in [3.8, 4) is 6.01 Å². The molecule has 0 spiro atoms. The van der Waals surface area contributed by atoms with E-state index in [0.29, 0.717) is 0 Å². The molecule has 0 saturated carbocycles. The van der Waals surface area contributed by atoms with Crippen LogP contribution in [0.1, 0.15) is 6.42 Å². The van der Waals surface area contributed by atoms with Gasteiger partial charge in [-0.3, -0.25) is 0 Å². The molecule has 0 unspecified atom stereocenters. The van der Waals surface area contributed by atoms with Gasteiger partial charge in [0.15, 0.2) is 0 Å². The summed E-state index contributed by atoms with van der Waals surface area (Å²) in [6.07, 6.45) is 5.00. The van der Waals surface area contributed by atoms with Crippen LogP contribution in [-0.4, -0.2) is 11.6 Å². The fourth-order valence-corrected chi connectivity index (χ4v) is 1.05. The Bertz CT molecular complexity index is 186. The lowest BCUT2D eigenvalue weighted by Gasteiger charge is -2.06. The second-order valence-electron chi connectivity index (χ2n) is 2.16. The third kappa shape index (κ3) is 0.686. The predicted molar refractivity (Wildman–Crippen MR) is 31.1 cm³/mol. The van der Waals surface area contributed by atoms with Crippen molar-refractivity contribution in [3.63, 3.8) is 0 Å². The van der Waals surface area contributed by atoms with Crippen molar-refractivity contribution in [1.82, 2.24) is 4.98 Å². The van der Waals surface area contributed by atoms with E-state index in [2.05, 4.69) is 9.55 Å². The Kier molecular flexibility index (Phi) is 0.946. The second-order valence-corrected chi connectivity index (χ2v) is 2.16. The van der Waals surface area contributed by atoms with Crippen LogP contribution in [0.15, 0.2) is 12.4 Å². The summed E-state index contributed by atoms with van der Waals surface area (Å²) in [4.78, 5) is 3.00. The fraction of sp³-hybridized carbons (Fsp3) is 0.500. The lowest BCUT2D eigenvalue weighted by atomic mass is 10.4. The van der Waals surface area contributed by atoms with Gasteiger partial charge in [-0.05, 0) is 0 Å². The molecule has 3 heteroatoms. The summed E-state index contributed by atoms with van der Waals surface area (Å²) in [5.74, 6) is 0. The number of aromatic nitrogens is 2. The van der Waals surface area contributed by atoms with Crippen LogP contribution < -0.4 is 9.30 Å². The molecule has 1 aromatic heterocycles. The summed E-state index contributed by atoms with van der Waals surface area (Å²) in [5.41, 5.74) is 0. The van der Waals surface area contributed by atoms with Crippen LogP contribution in [0, 0.1) is 0 Å². The van der Waals surface area contributed by atoms with Crippen molar-refractivity contribution in [2.75, 3.05) is 6.61 Å². The van der Waals surface area contributed by atoms with Crippen LogP contribution in [0.4, 0.5) is 0 Å². The van der Waals surface area contributed by atoms with Crippen molar-refractivity contribution < 1.29 is 9.30 Å². The molecule has 0 atom stereocenters. The zero-order chi connectivity index (χ0) is 6.10. The molecular weight excluding hydrogens is 116 g/mol. The molecule has 0 saturated heterocycles. The number of hydrogen-bond acceptors (Lipinski definition) is 1. The standard InChI is InChI=1S/C6H8N2O/c1-3-8-4-2-7-6(8)9-5-1/h2,4H,1,3,5H2/p+1. The van der Waals surface area contributed by atoms with Crippen LogP contribution in [0.2, 0.25) is 0 Å². The Morgan fingerprint density at radius 1 is 1.67 bits per heavy atom. The Morgan fingerprint density at radius 2 is 2.67 bits per heavy atom. The zero-order valence-electron chi connectivity index (χ0n) is 5.13. The molecule has 1 aliphatic heterocycles. The Balaban J connectivity index is 2.39. The smallest absolute Gasteiger partial charge is 0.431 e. The van der Waals surface area contributed by atoms with E-state index in [9.17, 15) is 0 Å². The first-order valence-electron chi connectivity index (χ1n) is 3.16. The van der Waals surface area contributed by atoms with Gasteiger partial charge in [0.25, 0.3) is 0 Å². The topological polar surface area (TPSA) is 28.9 Å². The maximum Gasteiger partial charge on any atom is 0.453 e. The highest BCUT2D eigenvalue weighted by Crippen LogP contribution is 2.02. The molecule has 9 heavy (non-hydrogen) atoms. The van der Waals surface area contributed by atoms with Crippen molar-refractivity contribution in [1.29, 1.82) is 0 Å². The minimum atomic E-state index is 0.848. The molecule has 2 heterocycles. The summed E-state index contributed by atoms with van der Waals surface area (Å²) >= 11 is 0. The van der Waals surface area contributed by atoms with E-state index in [1.54, 1.807) is 0 Å². The second kappa shape index (κ2) is 1.76. The van der Waals surface area contributed by atoms with Gasteiger partial charge in [0.2, 0.25) is 0 Å². The average Bonchev–Trinajstić information content (AvgIpc) is 2.33. The summed E-state index contributed by atoms with van der Waals surface area (Å²) in [7, 11) is 0. The molecule has 1 aromatic rings. The van der Waals surface area contributed by atoms with Gasteiger partial charge >= 0.3 is 6.01 Å². The number of ether oxygens (including phenoxy) is 1. The maximum absolute atomic E-state index is 5.27. The van der Waals surface area contributed by atoms with Gasteiger partial charge in [0.05, 0.1) is 13.2 Å². The highest BCUT2D eigenvalue weighted by atomic mass is 16.5. The molecule has 0 radical (unpaired) electrons. The molecule has 1 aliphatic rings. The first kappa shape index (κ1) is 4.85. The predicted octanol–water partition coefficient (Wildman–Crippen LogP) is 0.0847. The fourth-order valence-electron chi connectivity index (χ4n) is 1.05. The molecule has 0 bridgehead atoms. The first-order chi connectivity index (χ1) is 4.47. The van der Waals surface area contributed by atoms with Crippen LogP contribution in [0.25, 0.3) is 0 Å². The van der Waals surface area contributed by atoms with E-state index in [1.165, 1.54) is 0 Å². The van der Waals surface area contributed by atoms with Gasteiger partial charge in [-0.1, -0.05) is 0 Å². The molecule has 0 amide bonds. The minimum Gasteiger partial charge on any atom is -0.431 e. The molecule has 0 aliphatic carbocycles. The zero-order valence-corrected chi connectivity index (χ0v) is 5.13. The highest BCUT2D eigenvalue weighted by molar-refractivity contribution is 4.82. The lowest BCUT2D eigenvalue weighted by molar-refractivity contribution is -0.708. The molecule has 0 aromatic carbocycles. The third-order valence-corrected chi connectivity index (χ3v) is 1.50. The SMILES string of the molecule is c1c[n+]2c([nH]1)OCCC2. The Morgan fingerprint density at radius 3 is 3.56 bits per heavy atom. The molecule has 48 valence electrons. The van der Waals surface area contributed by atoms with Crippen molar-refractivity contribution >= 4 is 0 Å². The van der Waals surface area contributed by atoms with Gasteiger partial charge in [-0.25, -0.2) is 4.98 Å². The van der Waals surface area contributed by atoms with Crippen molar-refractivity contribution in [2.24, 2.45) is 0 Å². The van der Waals surface area contributed by atoms with Gasteiger partial charge < -0.3 is 4.74 Å². The minimum absolute atomic E-state index is 0.848. The van der Waals surface area contributed by atoms with Crippen molar-refractivity contribution in [3.05, 3.63) is 12.4 Å². The molecule has 0 fully saturated rings. The molecule has 3 nitrogen and oxygen atoms in total. The quantitative estimate of drug-likeness (QED) is 0.489. The summed E-state index contributed by atoms with van der Waals surface area (Å²) in [6, 6.07) is 0.890.